The number of ether oxygens (including phenoxy) is 2. The van der Waals surface area contributed by atoms with E-state index in [0.29, 0.717) is 13.0 Å². The van der Waals surface area contributed by atoms with Crippen molar-refractivity contribution < 1.29 is 24.2 Å². The zero-order valence-electron chi connectivity index (χ0n) is 14.7. The summed E-state index contributed by atoms with van der Waals surface area (Å²) in [7, 11) is 0. The topological polar surface area (TPSA) is 85.2 Å². The monoisotopic (exact) mass is 367 g/mol. The predicted molar refractivity (Wildman–Crippen MR) is 96.7 cm³/mol. The fourth-order valence-corrected chi connectivity index (χ4v) is 2.01. The molecule has 0 aliphatic carbocycles. The van der Waals surface area contributed by atoms with Gasteiger partial charge in [-0.2, -0.15) is 0 Å². The van der Waals surface area contributed by atoms with E-state index < -0.39 is 11.9 Å². The lowest BCUT2D eigenvalue weighted by molar-refractivity contribution is -0.142. The number of hydrogen-bond acceptors (Lipinski definition) is 6. The molecular weight excluding hydrogens is 346 g/mol. The minimum Gasteiger partial charge on any atom is -0.512 e. The van der Waals surface area contributed by atoms with Gasteiger partial charge < -0.3 is 14.6 Å². The Hall–Kier alpha value is -2.34. The Balaban J connectivity index is 3.09. The van der Waals surface area contributed by atoms with Crippen molar-refractivity contribution in [3.63, 3.8) is 0 Å². The average Bonchev–Trinajstić information content (AvgIpc) is 2.53. The summed E-state index contributed by atoms with van der Waals surface area (Å²) in [4.78, 5) is 28.0. The lowest BCUT2D eigenvalue weighted by atomic mass is 10.2. The highest BCUT2D eigenvalue weighted by Crippen LogP contribution is 2.29. The van der Waals surface area contributed by atoms with E-state index in [-0.39, 0.29) is 33.7 Å². The summed E-state index contributed by atoms with van der Waals surface area (Å²) in [6.07, 6.45) is 1.52. The highest BCUT2D eigenvalue weighted by molar-refractivity contribution is 6.36. The van der Waals surface area contributed by atoms with Crippen molar-refractivity contribution >= 4 is 35.4 Å². The number of aliphatic hydroxyl groups excluding tert-OH is 1. The lowest BCUT2D eigenvalue weighted by Gasteiger charge is -2.09. The molecule has 0 aliphatic rings. The second-order valence-corrected chi connectivity index (χ2v) is 5.86. The van der Waals surface area contributed by atoms with Crippen molar-refractivity contribution in [3.05, 3.63) is 40.1 Å². The van der Waals surface area contributed by atoms with Gasteiger partial charge in [-0.1, -0.05) is 24.6 Å². The largest absolute Gasteiger partial charge is 0.512 e. The lowest BCUT2D eigenvalue weighted by Crippen LogP contribution is -2.15. The number of aliphatic hydroxyl groups is 1. The van der Waals surface area contributed by atoms with Gasteiger partial charge >= 0.3 is 11.9 Å². The Morgan fingerprint density at radius 2 is 2.04 bits per heavy atom. The normalized spacial score (nSPS) is 12.2. The van der Waals surface area contributed by atoms with Crippen LogP contribution in [0.2, 0.25) is 5.02 Å². The number of rotatable bonds is 7. The first-order valence-electron chi connectivity index (χ1n) is 7.88. The summed E-state index contributed by atoms with van der Waals surface area (Å²) < 4.78 is 10.1. The highest BCUT2D eigenvalue weighted by atomic mass is 35.5. The molecule has 6 nitrogen and oxygen atoms in total. The number of carbonyl (C=O) groups excluding carboxylic acids is 2. The Morgan fingerprint density at radius 1 is 1.36 bits per heavy atom. The van der Waals surface area contributed by atoms with Crippen molar-refractivity contribution in [2.24, 2.45) is 4.99 Å². The van der Waals surface area contributed by atoms with Gasteiger partial charge in [0.15, 0.2) is 0 Å². The van der Waals surface area contributed by atoms with Crippen molar-refractivity contribution in [2.75, 3.05) is 6.61 Å². The predicted octanol–water partition coefficient (Wildman–Crippen LogP) is 4.39. The van der Waals surface area contributed by atoms with Crippen LogP contribution in [0.15, 0.2) is 34.5 Å². The van der Waals surface area contributed by atoms with Gasteiger partial charge in [0.2, 0.25) is 0 Å². The minimum absolute atomic E-state index is 0.0938. The van der Waals surface area contributed by atoms with Crippen LogP contribution in [-0.2, 0) is 14.3 Å². The Labute approximate surface area is 152 Å². The number of benzene rings is 1. The van der Waals surface area contributed by atoms with E-state index in [4.69, 9.17) is 21.1 Å². The van der Waals surface area contributed by atoms with Crippen LogP contribution in [0, 0.1) is 0 Å². The van der Waals surface area contributed by atoms with Gasteiger partial charge in [0.05, 0.1) is 29.0 Å². The molecule has 1 rings (SSSR count). The van der Waals surface area contributed by atoms with E-state index in [0.717, 1.165) is 6.21 Å². The highest BCUT2D eigenvalue weighted by Gasteiger charge is 2.16. The van der Waals surface area contributed by atoms with E-state index >= 15 is 0 Å². The van der Waals surface area contributed by atoms with E-state index in [1.54, 1.807) is 26.0 Å². The molecule has 0 unspecified atom stereocenters. The summed E-state index contributed by atoms with van der Waals surface area (Å²) in [5.74, 6) is -1.48. The van der Waals surface area contributed by atoms with Crippen LogP contribution in [0.1, 0.15) is 44.5 Å². The van der Waals surface area contributed by atoms with Gasteiger partial charge in [-0.15, -0.1) is 0 Å². The minimum atomic E-state index is -0.701. The standard InChI is InChI=1S/C18H22ClNO5/c1-5-9-24-17(22)13-7-6-8-15(16(13)19)20-10-14(12(4)21)18(23)25-11(2)3/h6-8,10-11,21H,5,9H2,1-4H3. The van der Waals surface area contributed by atoms with Crippen molar-refractivity contribution in [1.82, 2.24) is 0 Å². The molecule has 1 aromatic carbocycles. The molecule has 0 bridgehead atoms. The summed E-state index contributed by atoms with van der Waals surface area (Å²) in [6, 6.07) is 4.71. The number of hydrogen-bond donors (Lipinski definition) is 1. The molecule has 0 saturated heterocycles. The van der Waals surface area contributed by atoms with Crippen LogP contribution in [0.4, 0.5) is 5.69 Å². The van der Waals surface area contributed by atoms with Crippen LogP contribution in [0.25, 0.3) is 0 Å². The summed E-state index contributed by atoms with van der Waals surface area (Å²) >= 11 is 6.20. The first-order valence-corrected chi connectivity index (χ1v) is 8.26. The fraction of sp³-hybridized carbons (Fsp3) is 0.389. The molecule has 0 radical (unpaired) electrons. The third-order valence-corrected chi connectivity index (χ3v) is 3.32. The number of nitrogens with zero attached hydrogens (tertiary/aromatic N) is 1. The first-order chi connectivity index (χ1) is 11.8. The summed E-state index contributed by atoms with van der Waals surface area (Å²) in [5.41, 5.74) is 0.355. The number of aliphatic imine (C=N–C) groups is 1. The van der Waals surface area contributed by atoms with Gasteiger partial charge in [-0.3, -0.25) is 4.99 Å². The van der Waals surface area contributed by atoms with Crippen LogP contribution < -0.4 is 0 Å². The van der Waals surface area contributed by atoms with Crippen LogP contribution in [-0.4, -0.2) is 36.0 Å². The molecule has 0 aromatic heterocycles. The van der Waals surface area contributed by atoms with E-state index in [1.165, 1.54) is 13.0 Å². The maximum atomic E-state index is 12.0. The second-order valence-electron chi connectivity index (χ2n) is 5.49. The first kappa shape index (κ1) is 20.7. The molecule has 0 amide bonds. The molecule has 0 aliphatic heterocycles. The molecule has 7 heteroatoms. The maximum Gasteiger partial charge on any atom is 0.343 e. The second kappa shape index (κ2) is 9.84. The van der Waals surface area contributed by atoms with E-state index in [9.17, 15) is 14.7 Å². The number of halogens is 1. The number of esters is 2. The molecule has 1 aromatic rings. The number of allylic oxidation sites excluding steroid dienone is 1. The average molecular weight is 368 g/mol. The third kappa shape index (κ3) is 6.23. The third-order valence-electron chi connectivity index (χ3n) is 2.92. The zero-order valence-corrected chi connectivity index (χ0v) is 15.5. The van der Waals surface area contributed by atoms with Gasteiger partial charge in [0.1, 0.15) is 11.3 Å². The molecule has 0 fully saturated rings. The number of carbonyl (C=O) groups is 2. The molecule has 0 heterocycles. The van der Waals surface area contributed by atoms with Crippen LogP contribution in [0.5, 0.6) is 0 Å². The van der Waals surface area contributed by atoms with Gasteiger partial charge in [-0.05, 0) is 39.3 Å². The Bertz CT molecular complexity index is 691. The van der Waals surface area contributed by atoms with Crippen molar-refractivity contribution in [2.45, 2.75) is 40.2 Å². The Kier molecular flexibility index (Phi) is 8.15. The Morgan fingerprint density at radius 3 is 2.60 bits per heavy atom. The maximum absolute atomic E-state index is 12.0. The SMILES string of the molecule is CCCOC(=O)c1cccc(N=CC(C(=O)OC(C)C)=C(C)O)c1Cl. The van der Waals surface area contributed by atoms with Crippen molar-refractivity contribution in [3.8, 4) is 0 Å². The van der Waals surface area contributed by atoms with Gasteiger partial charge in [-0.25, -0.2) is 9.59 Å². The zero-order chi connectivity index (χ0) is 19.0. The van der Waals surface area contributed by atoms with Gasteiger partial charge in [0, 0.05) is 6.21 Å². The molecule has 0 saturated carbocycles. The molecule has 0 atom stereocenters. The summed E-state index contributed by atoms with van der Waals surface area (Å²) in [6.45, 7) is 6.92. The summed E-state index contributed by atoms with van der Waals surface area (Å²) in [5, 5.41) is 9.77. The van der Waals surface area contributed by atoms with Crippen LogP contribution >= 0.6 is 11.6 Å². The molecule has 25 heavy (non-hydrogen) atoms. The van der Waals surface area contributed by atoms with Crippen LogP contribution in [0.3, 0.4) is 0 Å². The smallest absolute Gasteiger partial charge is 0.343 e. The molecule has 136 valence electrons. The molecule has 0 spiro atoms. The molecular formula is C18H22ClNO5. The fourth-order valence-electron chi connectivity index (χ4n) is 1.76. The quantitative estimate of drug-likeness (QED) is 0.334. The van der Waals surface area contributed by atoms with E-state index in [2.05, 4.69) is 4.99 Å². The molecule has 1 N–H and O–H groups in total. The van der Waals surface area contributed by atoms with E-state index in [1.807, 2.05) is 6.92 Å². The van der Waals surface area contributed by atoms with Gasteiger partial charge in [0.25, 0.3) is 0 Å². The van der Waals surface area contributed by atoms with Crippen molar-refractivity contribution in [1.29, 1.82) is 0 Å².